The molecule has 0 saturated carbocycles. The number of aliphatic carboxylic acids is 2. The van der Waals surface area contributed by atoms with Gasteiger partial charge in [-0.1, -0.05) is 26.0 Å². The Labute approximate surface area is 157 Å². The van der Waals surface area contributed by atoms with Gasteiger partial charge in [-0.15, -0.1) is 0 Å². The molecule has 1 aromatic heterocycles. The second kappa shape index (κ2) is 9.18. The van der Waals surface area contributed by atoms with Crippen molar-refractivity contribution < 1.29 is 24.6 Å². The first-order chi connectivity index (χ1) is 12.9. The largest absolute Gasteiger partial charge is 0.473 e. The van der Waals surface area contributed by atoms with Crippen molar-refractivity contribution in [1.82, 2.24) is 14.4 Å². The fourth-order valence-electron chi connectivity index (χ4n) is 3.14. The predicted octanol–water partition coefficient (Wildman–Crippen LogP) is 1.59. The third-order valence-electron chi connectivity index (χ3n) is 4.68. The lowest BCUT2D eigenvalue weighted by Gasteiger charge is -2.25. The maximum atomic E-state index is 12.8. The van der Waals surface area contributed by atoms with Gasteiger partial charge < -0.3 is 24.6 Å². The summed E-state index contributed by atoms with van der Waals surface area (Å²) in [6.45, 7) is 9.83. The molecule has 2 heterocycles. The molecule has 0 radical (unpaired) electrons. The normalized spacial score (nSPS) is 13.3. The number of carbonyl (C=O) groups is 3. The molecule has 8 heteroatoms. The van der Waals surface area contributed by atoms with Gasteiger partial charge in [-0.2, -0.15) is 0 Å². The van der Waals surface area contributed by atoms with E-state index in [1.165, 1.54) is 0 Å². The highest BCUT2D eigenvalue weighted by atomic mass is 16.4. The molecular weight excluding hydrogens is 350 g/mol. The van der Waals surface area contributed by atoms with Gasteiger partial charge >= 0.3 is 11.9 Å². The Bertz CT molecular complexity index is 814. The molecule has 0 bridgehead atoms. The van der Waals surface area contributed by atoms with Crippen molar-refractivity contribution in [3.05, 3.63) is 36.0 Å². The smallest absolute Gasteiger partial charge is 0.414 e. The number of amides is 1. The van der Waals surface area contributed by atoms with Crippen LogP contribution in [0.15, 0.2) is 30.5 Å². The lowest BCUT2D eigenvalue weighted by molar-refractivity contribution is -0.159. The summed E-state index contributed by atoms with van der Waals surface area (Å²) < 4.78 is 2.21. The van der Waals surface area contributed by atoms with E-state index in [0.29, 0.717) is 0 Å². The van der Waals surface area contributed by atoms with Crippen molar-refractivity contribution >= 4 is 28.7 Å². The number of rotatable bonds is 5. The Morgan fingerprint density at radius 2 is 1.74 bits per heavy atom. The van der Waals surface area contributed by atoms with E-state index in [9.17, 15) is 4.79 Å². The van der Waals surface area contributed by atoms with E-state index in [-0.39, 0.29) is 5.91 Å². The van der Waals surface area contributed by atoms with Gasteiger partial charge in [0, 0.05) is 37.8 Å². The van der Waals surface area contributed by atoms with Crippen LogP contribution in [0, 0.1) is 0 Å². The van der Waals surface area contributed by atoms with E-state index in [1.54, 1.807) is 0 Å². The standard InChI is InChI=1S/C17H23N3O.C2H2O4/c1-3-18(4-2)10-11-20-13-12-19-9-8-14-6-5-7-15(16(14)19)17(20)21;3-1(4)2(5)6/h5-9H,3-4,10-13H2,1-2H3;(H,3,4)(H,5,6). The number of nitrogens with zero attached hydrogens (tertiary/aromatic N) is 3. The van der Waals surface area contributed by atoms with Gasteiger partial charge in [0.25, 0.3) is 5.91 Å². The highest BCUT2D eigenvalue weighted by Crippen LogP contribution is 2.24. The topological polar surface area (TPSA) is 103 Å². The van der Waals surface area contributed by atoms with Crippen LogP contribution < -0.4 is 0 Å². The first-order valence-corrected chi connectivity index (χ1v) is 8.94. The fourth-order valence-corrected chi connectivity index (χ4v) is 3.14. The molecule has 0 spiro atoms. The number of carboxylic acids is 2. The molecule has 0 unspecified atom stereocenters. The van der Waals surface area contributed by atoms with Crippen LogP contribution in [0.5, 0.6) is 0 Å². The molecule has 1 amide bonds. The number of likely N-dealkylation sites (N-methyl/N-ethyl adjacent to an activating group) is 1. The number of hydrogen-bond donors (Lipinski definition) is 2. The van der Waals surface area contributed by atoms with Crippen LogP contribution in [-0.4, -0.2) is 75.1 Å². The summed E-state index contributed by atoms with van der Waals surface area (Å²) in [5.41, 5.74) is 1.93. The molecule has 27 heavy (non-hydrogen) atoms. The van der Waals surface area contributed by atoms with Crippen LogP contribution in [0.1, 0.15) is 24.2 Å². The number of benzene rings is 1. The minimum absolute atomic E-state index is 0.171. The molecule has 2 aromatic rings. The van der Waals surface area contributed by atoms with E-state index in [2.05, 4.69) is 41.6 Å². The molecule has 8 nitrogen and oxygen atoms in total. The summed E-state index contributed by atoms with van der Waals surface area (Å²) in [5.74, 6) is -3.48. The quantitative estimate of drug-likeness (QED) is 0.770. The summed E-state index contributed by atoms with van der Waals surface area (Å²) in [6, 6.07) is 8.11. The lowest BCUT2D eigenvalue weighted by atomic mass is 10.1. The van der Waals surface area contributed by atoms with Gasteiger partial charge in [0.05, 0.1) is 11.1 Å². The van der Waals surface area contributed by atoms with Crippen LogP contribution in [0.25, 0.3) is 10.9 Å². The molecule has 0 aliphatic carbocycles. The van der Waals surface area contributed by atoms with E-state index < -0.39 is 11.9 Å². The van der Waals surface area contributed by atoms with Gasteiger partial charge in [0.1, 0.15) is 0 Å². The number of aromatic nitrogens is 1. The molecule has 3 rings (SSSR count). The number of carboxylic acid groups (broad SMARTS) is 2. The van der Waals surface area contributed by atoms with Crippen LogP contribution >= 0.6 is 0 Å². The average molecular weight is 375 g/mol. The first-order valence-electron chi connectivity index (χ1n) is 8.94. The third kappa shape index (κ3) is 4.85. The summed E-state index contributed by atoms with van der Waals surface area (Å²) in [7, 11) is 0. The highest BCUT2D eigenvalue weighted by molar-refractivity contribution is 6.27. The molecule has 0 atom stereocenters. The molecule has 146 valence electrons. The SMILES string of the molecule is CCN(CC)CCN1CCn2ccc3cccc(c32)C1=O.O=C(O)C(=O)O. The first kappa shape index (κ1) is 20.4. The van der Waals surface area contributed by atoms with Gasteiger partial charge in [0.2, 0.25) is 0 Å². The van der Waals surface area contributed by atoms with Gasteiger partial charge in [-0.05, 0) is 25.2 Å². The summed E-state index contributed by atoms with van der Waals surface area (Å²) >= 11 is 0. The Kier molecular flexibility index (Phi) is 6.95. The van der Waals surface area contributed by atoms with Crippen molar-refractivity contribution in [1.29, 1.82) is 0 Å². The average Bonchev–Trinajstić information content (AvgIpc) is 3.02. The molecule has 1 aliphatic rings. The Morgan fingerprint density at radius 1 is 1.07 bits per heavy atom. The maximum absolute atomic E-state index is 12.8. The fraction of sp³-hybridized carbons (Fsp3) is 0.421. The van der Waals surface area contributed by atoms with Crippen LogP contribution in [0.3, 0.4) is 0 Å². The molecule has 1 aliphatic heterocycles. The van der Waals surface area contributed by atoms with Gasteiger partial charge in [-0.3, -0.25) is 4.79 Å². The van der Waals surface area contributed by atoms with E-state index >= 15 is 0 Å². The molecular formula is C19H25N3O5. The lowest BCUT2D eigenvalue weighted by Crippen LogP contribution is -2.39. The third-order valence-corrected chi connectivity index (χ3v) is 4.68. The maximum Gasteiger partial charge on any atom is 0.414 e. The zero-order valence-corrected chi connectivity index (χ0v) is 15.6. The Balaban J connectivity index is 0.000000380. The zero-order chi connectivity index (χ0) is 20.0. The van der Waals surface area contributed by atoms with Crippen LogP contribution in [-0.2, 0) is 16.1 Å². The Morgan fingerprint density at radius 3 is 2.33 bits per heavy atom. The number of para-hydroxylation sites is 1. The number of carbonyl (C=O) groups excluding carboxylic acids is 1. The number of hydrogen-bond acceptors (Lipinski definition) is 4. The van der Waals surface area contributed by atoms with Crippen molar-refractivity contribution in [2.45, 2.75) is 20.4 Å². The van der Waals surface area contributed by atoms with Crippen molar-refractivity contribution in [2.75, 3.05) is 32.7 Å². The van der Waals surface area contributed by atoms with E-state index in [1.807, 2.05) is 17.0 Å². The van der Waals surface area contributed by atoms with E-state index in [4.69, 9.17) is 19.8 Å². The Hall–Kier alpha value is -2.87. The van der Waals surface area contributed by atoms with E-state index in [0.717, 1.165) is 55.7 Å². The zero-order valence-electron chi connectivity index (χ0n) is 15.6. The summed E-state index contributed by atoms with van der Waals surface area (Å²) in [6.07, 6.45) is 2.09. The van der Waals surface area contributed by atoms with Crippen molar-refractivity contribution in [3.8, 4) is 0 Å². The minimum atomic E-state index is -1.82. The monoisotopic (exact) mass is 375 g/mol. The second-order valence-corrected chi connectivity index (χ2v) is 6.18. The minimum Gasteiger partial charge on any atom is -0.473 e. The molecule has 0 fully saturated rings. The van der Waals surface area contributed by atoms with Crippen molar-refractivity contribution in [2.24, 2.45) is 0 Å². The van der Waals surface area contributed by atoms with Crippen LogP contribution in [0.2, 0.25) is 0 Å². The van der Waals surface area contributed by atoms with Crippen molar-refractivity contribution in [3.63, 3.8) is 0 Å². The molecule has 0 saturated heterocycles. The van der Waals surface area contributed by atoms with Crippen LogP contribution in [0.4, 0.5) is 0 Å². The highest BCUT2D eigenvalue weighted by Gasteiger charge is 2.23. The molecule has 2 N–H and O–H groups in total. The predicted molar refractivity (Wildman–Crippen MR) is 101 cm³/mol. The summed E-state index contributed by atoms with van der Waals surface area (Å²) in [5, 5.41) is 15.9. The van der Waals surface area contributed by atoms with Gasteiger partial charge in [-0.25, -0.2) is 9.59 Å². The summed E-state index contributed by atoms with van der Waals surface area (Å²) in [4.78, 5) is 35.4. The second-order valence-electron chi connectivity index (χ2n) is 6.18. The van der Waals surface area contributed by atoms with Gasteiger partial charge in [0.15, 0.2) is 0 Å². The molecule has 1 aromatic carbocycles.